The molecule has 0 aliphatic carbocycles. The molecule has 4 rings (SSSR count). The van der Waals surface area contributed by atoms with Crippen molar-refractivity contribution in [3.8, 4) is 5.75 Å². The van der Waals surface area contributed by atoms with Gasteiger partial charge in [-0.1, -0.05) is 0 Å². The molecule has 1 fully saturated rings. The van der Waals surface area contributed by atoms with Crippen molar-refractivity contribution >= 4 is 57.9 Å². The van der Waals surface area contributed by atoms with Gasteiger partial charge in [0.25, 0.3) is 11.4 Å². The second-order valence-electron chi connectivity index (χ2n) is 9.38. The van der Waals surface area contributed by atoms with Crippen molar-refractivity contribution in [1.29, 1.82) is 0 Å². The van der Waals surface area contributed by atoms with E-state index < -0.39 is 92.1 Å². The molecule has 0 radical (unpaired) electrons. The highest BCUT2D eigenvalue weighted by atomic mass is 16.7. The molecule has 0 saturated carbocycles. The molecular formula is C24H24N8O16. The van der Waals surface area contributed by atoms with Crippen LogP contribution in [0.4, 0.5) is 22.9 Å². The minimum atomic E-state index is -1.54. The average Bonchev–Trinajstić information content (AvgIpc) is 3.43. The summed E-state index contributed by atoms with van der Waals surface area (Å²) < 4.78 is 27.9. The number of fused-ring (bicyclic) bond motifs is 1. The minimum absolute atomic E-state index is 0.0763. The Balaban J connectivity index is 0.000000328. The largest absolute Gasteiger partial charge is 0.497 e. The monoisotopic (exact) mass is 680 g/mol. The third kappa shape index (κ3) is 7.79. The zero-order valence-corrected chi connectivity index (χ0v) is 25.0. The molecule has 3 heterocycles. The fourth-order valence-corrected chi connectivity index (χ4v) is 4.35. The van der Waals surface area contributed by atoms with E-state index in [4.69, 9.17) is 34.5 Å². The van der Waals surface area contributed by atoms with Crippen molar-refractivity contribution in [2.75, 3.05) is 12.8 Å². The number of nitro groups is 3. The van der Waals surface area contributed by atoms with Crippen LogP contribution in [0.15, 0.2) is 24.8 Å². The van der Waals surface area contributed by atoms with Gasteiger partial charge in [0.1, 0.15) is 11.8 Å². The summed E-state index contributed by atoms with van der Waals surface area (Å²) in [6, 6.07) is 0.894. The fraction of sp³-hybridized carbons (Fsp3) is 0.375. The number of nitrogen functional groups attached to an aromatic ring is 1. The molecule has 256 valence electrons. The molecule has 1 saturated heterocycles. The van der Waals surface area contributed by atoms with E-state index in [-0.39, 0.29) is 17.0 Å². The van der Waals surface area contributed by atoms with Crippen LogP contribution in [-0.2, 0) is 42.9 Å². The first-order chi connectivity index (χ1) is 22.5. The molecule has 5 atom stereocenters. The summed E-state index contributed by atoms with van der Waals surface area (Å²) in [5.41, 5.74) is 3.24. The van der Waals surface area contributed by atoms with Crippen LogP contribution in [0.2, 0.25) is 0 Å². The van der Waals surface area contributed by atoms with E-state index in [0.717, 1.165) is 27.9 Å². The second kappa shape index (κ2) is 14.7. The summed E-state index contributed by atoms with van der Waals surface area (Å²) in [5, 5.41) is 40.2. The van der Waals surface area contributed by atoms with Gasteiger partial charge in [-0.15, -0.1) is 0 Å². The number of aromatic nitrogens is 4. The first kappa shape index (κ1) is 35.9. The van der Waals surface area contributed by atoms with Crippen molar-refractivity contribution in [1.82, 2.24) is 19.5 Å². The predicted molar refractivity (Wildman–Crippen MR) is 150 cm³/mol. The van der Waals surface area contributed by atoms with Gasteiger partial charge in [-0.3, -0.25) is 49.3 Å². The number of phenols is 1. The number of hydrogen-bond donors (Lipinski definition) is 2. The number of nitrogens with two attached hydrogens (primary N) is 1. The van der Waals surface area contributed by atoms with E-state index in [0.29, 0.717) is 12.1 Å². The number of hydrogen-bond acceptors (Lipinski definition) is 20. The van der Waals surface area contributed by atoms with Crippen molar-refractivity contribution in [2.24, 2.45) is 0 Å². The van der Waals surface area contributed by atoms with Crippen molar-refractivity contribution in [3.63, 3.8) is 0 Å². The van der Waals surface area contributed by atoms with E-state index in [1.165, 1.54) is 17.2 Å². The van der Waals surface area contributed by atoms with Gasteiger partial charge in [-0.2, -0.15) is 0 Å². The molecule has 1 aromatic carbocycles. The topological polar surface area (TPSA) is 334 Å². The summed E-state index contributed by atoms with van der Waals surface area (Å²) in [6.45, 7) is 3.32. The van der Waals surface area contributed by atoms with E-state index in [2.05, 4.69) is 15.0 Å². The SMILES string of the molecule is COC(=O)C1OC(n2cnc3c(N)ncnc32)C(OC(C)=O)C(OC(C)=O)C1OC(C)=O.O=[N+]([O-])c1cc([N+](=O)[O-])c(O)c([N+](=O)[O-])c1. The Morgan fingerprint density at radius 1 is 0.854 bits per heavy atom. The number of methoxy groups -OCH3 is 1. The lowest BCUT2D eigenvalue weighted by Gasteiger charge is -2.43. The van der Waals surface area contributed by atoms with Crippen LogP contribution < -0.4 is 5.73 Å². The van der Waals surface area contributed by atoms with Gasteiger partial charge in [0.05, 0.1) is 40.3 Å². The van der Waals surface area contributed by atoms with Gasteiger partial charge in [0, 0.05) is 20.8 Å². The third-order valence-corrected chi connectivity index (χ3v) is 6.17. The van der Waals surface area contributed by atoms with Crippen molar-refractivity contribution < 1.29 is 62.7 Å². The van der Waals surface area contributed by atoms with Gasteiger partial charge >= 0.3 is 35.3 Å². The maximum absolute atomic E-state index is 12.5. The van der Waals surface area contributed by atoms with Crippen LogP contribution in [0.5, 0.6) is 5.75 Å². The molecule has 2 aromatic heterocycles. The molecule has 0 bridgehead atoms. The minimum Gasteiger partial charge on any atom is -0.497 e. The van der Waals surface area contributed by atoms with Crippen molar-refractivity contribution in [2.45, 2.75) is 51.4 Å². The summed E-state index contributed by atoms with van der Waals surface area (Å²) in [5.74, 6) is -4.38. The lowest BCUT2D eigenvalue weighted by atomic mass is 9.96. The Morgan fingerprint density at radius 2 is 1.38 bits per heavy atom. The number of ether oxygens (including phenoxy) is 5. The molecule has 0 spiro atoms. The molecule has 1 aliphatic rings. The van der Waals surface area contributed by atoms with Crippen molar-refractivity contribution in [3.05, 3.63) is 55.1 Å². The molecule has 0 amide bonds. The Bertz CT molecular complexity index is 1760. The zero-order valence-electron chi connectivity index (χ0n) is 25.0. The van der Waals surface area contributed by atoms with Crippen LogP contribution in [0.1, 0.15) is 27.0 Å². The van der Waals surface area contributed by atoms with E-state index in [1.54, 1.807) is 0 Å². The molecule has 24 heteroatoms. The number of benzene rings is 1. The number of imidazole rings is 1. The van der Waals surface area contributed by atoms with Gasteiger partial charge in [0.15, 0.2) is 42.1 Å². The number of nitro benzene ring substituents is 3. The lowest BCUT2D eigenvalue weighted by Crippen LogP contribution is -2.61. The molecular weight excluding hydrogens is 656 g/mol. The average molecular weight is 680 g/mol. The number of carbonyl (C=O) groups excluding carboxylic acids is 4. The smallest absolute Gasteiger partial charge is 0.339 e. The maximum Gasteiger partial charge on any atom is 0.339 e. The van der Waals surface area contributed by atoms with Crippen LogP contribution in [0, 0.1) is 30.3 Å². The molecule has 1 aliphatic heterocycles. The Kier molecular flexibility index (Phi) is 11.0. The lowest BCUT2D eigenvalue weighted by molar-refractivity contribution is -0.404. The summed E-state index contributed by atoms with van der Waals surface area (Å²) >= 11 is 0. The van der Waals surface area contributed by atoms with Crippen LogP contribution in [0.25, 0.3) is 11.2 Å². The number of aromatic hydroxyl groups is 1. The number of phenolic OH excluding ortho intramolecular Hbond substituents is 1. The number of nitrogens with zero attached hydrogens (tertiary/aromatic N) is 7. The first-order valence-corrected chi connectivity index (χ1v) is 13.0. The van der Waals surface area contributed by atoms with Gasteiger partial charge in [-0.25, -0.2) is 19.7 Å². The normalized spacial score (nSPS) is 20.0. The Morgan fingerprint density at radius 3 is 1.85 bits per heavy atom. The number of carbonyl (C=O) groups is 4. The van der Waals surface area contributed by atoms with E-state index >= 15 is 0 Å². The summed E-state index contributed by atoms with van der Waals surface area (Å²) in [4.78, 5) is 87.8. The quantitative estimate of drug-likeness (QED) is 0.140. The third-order valence-electron chi connectivity index (χ3n) is 6.17. The number of rotatable bonds is 8. The van der Waals surface area contributed by atoms with Crippen LogP contribution in [-0.4, -0.2) is 94.8 Å². The number of non-ortho nitro benzene ring substituents is 1. The van der Waals surface area contributed by atoms with Crippen LogP contribution in [0.3, 0.4) is 0 Å². The second-order valence-corrected chi connectivity index (χ2v) is 9.38. The molecule has 3 aromatic rings. The Hall–Kier alpha value is -6.59. The zero-order chi connectivity index (χ0) is 36.0. The molecule has 5 unspecified atom stereocenters. The predicted octanol–water partition coefficient (Wildman–Crippen LogP) is 0.391. The van der Waals surface area contributed by atoms with Gasteiger partial charge < -0.3 is 34.5 Å². The number of esters is 4. The highest BCUT2D eigenvalue weighted by Crippen LogP contribution is 2.39. The van der Waals surface area contributed by atoms with Gasteiger partial charge in [-0.05, 0) is 0 Å². The van der Waals surface area contributed by atoms with E-state index in [1.807, 2.05) is 0 Å². The fourth-order valence-electron chi connectivity index (χ4n) is 4.35. The Labute approximate surface area is 265 Å². The molecule has 24 nitrogen and oxygen atoms in total. The highest BCUT2D eigenvalue weighted by Gasteiger charge is 2.55. The molecule has 48 heavy (non-hydrogen) atoms. The van der Waals surface area contributed by atoms with E-state index in [9.17, 15) is 49.5 Å². The maximum atomic E-state index is 12.5. The highest BCUT2D eigenvalue weighted by molar-refractivity contribution is 5.81. The number of anilines is 1. The van der Waals surface area contributed by atoms with Crippen LogP contribution >= 0.6 is 0 Å². The summed E-state index contributed by atoms with van der Waals surface area (Å²) in [6.07, 6.45) is -4.64. The standard InChI is InChI=1S/C18H21N5O9.C6H3N3O7/c1-7(24)29-11-12(30-8(2)25)14(18(27)28-4)32-17(13(11)31-9(3)26)23-6-22-10-15(19)20-5-21-16(10)23;10-6-4(8(13)14)1-3(7(11)12)2-5(6)9(15)16/h5-6,11-14,17H,1-4H3,(H2,19,20,21);1-2,10H. The molecule has 3 N–H and O–H groups in total. The van der Waals surface area contributed by atoms with Gasteiger partial charge in [0.2, 0.25) is 0 Å². The first-order valence-electron chi connectivity index (χ1n) is 13.0. The summed E-state index contributed by atoms with van der Waals surface area (Å²) in [7, 11) is 1.10.